The molecule has 0 atom stereocenters. The summed E-state index contributed by atoms with van der Waals surface area (Å²) in [7, 11) is 0. The highest BCUT2D eigenvalue weighted by atomic mass is 16.4. The molecule has 0 radical (unpaired) electrons. The first-order valence-corrected chi connectivity index (χ1v) is 21.2. The van der Waals surface area contributed by atoms with Gasteiger partial charge in [0.25, 0.3) is 0 Å². The summed E-state index contributed by atoms with van der Waals surface area (Å²) in [6.07, 6.45) is 39.2. The van der Waals surface area contributed by atoms with Crippen LogP contribution in [0.5, 0.6) is 11.5 Å². The zero-order valence-electron chi connectivity index (χ0n) is 37.1. The summed E-state index contributed by atoms with van der Waals surface area (Å²) < 4.78 is 0. The van der Waals surface area contributed by atoms with Crippen LogP contribution in [0, 0.1) is 0 Å². The molecule has 4 heteroatoms. The van der Waals surface area contributed by atoms with Crippen molar-refractivity contribution in [1.82, 2.24) is 0 Å². The molecule has 0 aliphatic heterocycles. The molecule has 310 valence electrons. The first kappa shape index (κ1) is 50.0. The lowest BCUT2D eigenvalue weighted by Crippen LogP contribution is -1.98. The van der Waals surface area contributed by atoms with Crippen molar-refractivity contribution < 1.29 is 20.1 Å². The Morgan fingerprint density at radius 3 is 0.964 bits per heavy atom. The number of aromatic carboxylic acids is 1. The van der Waals surface area contributed by atoms with Gasteiger partial charge >= 0.3 is 5.97 Å². The standard InChI is InChI=1S/C52H78O4/c1-39(2)19-11-20-40(3)21-12-22-41(4)23-13-24-42(5)25-14-26-43(6)27-15-28-44(7)29-16-30-45(8)31-17-32-46(9)33-18-34-47(10)35-36-48-37-49(52(55)56)38-50(53)51(48)54/h19,21,23,25,27,29,31,33,35,37-38,53-54H,11-18,20,22,24,26,28,30,32,34,36H2,1-10H3,(H,55,56)/b40-21+,41-23+,42-25+,43-27+,44-29+,45-31+,46-33+,47-35+. The summed E-state index contributed by atoms with van der Waals surface area (Å²) >= 11 is 0. The maximum absolute atomic E-state index is 11.3. The molecule has 1 aromatic rings. The van der Waals surface area contributed by atoms with Gasteiger partial charge in [0.15, 0.2) is 11.5 Å². The van der Waals surface area contributed by atoms with E-state index in [-0.39, 0.29) is 11.3 Å². The summed E-state index contributed by atoms with van der Waals surface area (Å²) in [5.41, 5.74) is 13.3. The third-order valence-electron chi connectivity index (χ3n) is 10.4. The van der Waals surface area contributed by atoms with E-state index >= 15 is 0 Å². The van der Waals surface area contributed by atoms with Crippen LogP contribution in [0.15, 0.2) is 117 Å². The van der Waals surface area contributed by atoms with Crippen LogP contribution in [0.4, 0.5) is 0 Å². The molecule has 0 aliphatic carbocycles. The molecule has 0 fully saturated rings. The van der Waals surface area contributed by atoms with Crippen LogP contribution in [0.3, 0.4) is 0 Å². The lowest BCUT2D eigenvalue weighted by atomic mass is 10.0. The van der Waals surface area contributed by atoms with Crippen LogP contribution in [-0.4, -0.2) is 21.3 Å². The average molecular weight is 767 g/mol. The average Bonchev–Trinajstić information content (AvgIpc) is 3.12. The summed E-state index contributed by atoms with van der Waals surface area (Å²) in [5.74, 6) is -1.79. The van der Waals surface area contributed by atoms with Crippen LogP contribution in [0.1, 0.15) is 188 Å². The van der Waals surface area contributed by atoms with Gasteiger partial charge in [-0.25, -0.2) is 4.79 Å². The van der Waals surface area contributed by atoms with E-state index in [1.54, 1.807) is 0 Å². The van der Waals surface area contributed by atoms with Crippen molar-refractivity contribution >= 4 is 5.97 Å². The quantitative estimate of drug-likeness (QED) is 0.0615. The second kappa shape index (κ2) is 29.2. The summed E-state index contributed by atoms with van der Waals surface area (Å²) in [4.78, 5) is 11.3. The molecular weight excluding hydrogens is 689 g/mol. The molecule has 4 nitrogen and oxygen atoms in total. The number of hydrogen-bond acceptors (Lipinski definition) is 3. The number of aromatic hydroxyl groups is 2. The van der Waals surface area contributed by atoms with E-state index in [4.69, 9.17) is 0 Å². The SMILES string of the molecule is CC(C)=CCC/C(C)=C/CC/C(C)=C/CC/C(C)=C/CC/C(C)=C/CC/C(C)=C/CC/C(C)=C/CC/C(C)=C/CC/C(C)=C/Cc1cc(C(=O)O)cc(O)c1O. The van der Waals surface area contributed by atoms with Gasteiger partial charge in [-0.15, -0.1) is 0 Å². The van der Waals surface area contributed by atoms with Crippen LogP contribution >= 0.6 is 0 Å². The van der Waals surface area contributed by atoms with E-state index in [1.165, 1.54) is 63.5 Å². The number of rotatable bonds is 27. The Balaban J connectivity index is 2.29. The highest BCUT2D eigenvalue weighted by Gasteiger charge is 2.12. The molecular formula is C52H78O4. The van der Waals surface area contributed by atoms with Gasteiger partial charge in [-0.3, -0.25) is 0 Å². The Morgan fingerprint density at radius 1 is 0.429 bits per heavy atom. The molecule has 0 saturated heterocycles. The zero-order valence-corrected chi connectivity index (χ0v) is 37.1. The van der Waals surface area contributed by atoms with Crippen LogP contribution in [0.25, 0.3) is 0 Å². The number of phenolic OH excluding ortho intramolecular Hbond substituents is 2. The van der Waals surface area contributed by atoms with Gasteiger partial charge in [0.05, 0.1) is 5.56 Å². The monoisotopic (exact) mass is 767 g/mol. The first-order valence-electron chi connectivity index (χ1n) is 21.2. The van der Waals surface area contributed by atoms with Gasteiger partial charge in [0.2, 0.25) is 0 Å². The Morgan fingerprint density at radius 2 is 0.696 bits per heavy atom. The molecule has 0 heterocycles. The number of carboxylic acid groups (broad SMARTS) is 1. The minimum atomic E-state index is -1.13. The van der Waals surface area contributed by atoms with Gasteiger partial charge in [0, 0.05) is 5.56 Å². The highest BCUT2D eigenvalue weighted by Crippen LogP contribution is 2.31. The normalized spacial score (nSPS) is 14.1. The molecule has 0 bridgehead atoms. The molecule has 0 aromatic heterocycles. The Bertz CT molecular complexity index is 1640. The van der Waals surface area contributed by atoms with Crippen molar-refractivity contribution in [3.05, 3.63) is 128 Å². The molecule has 0 aliphatic rings. The summed E-state index contributed by atoms with van der Waals surface area (Å²) in [6.45, 7) is 22.2. The second-order valence-corrected chi connectivity index (χ2v) is 16.5. The fourth-order valence-corrected chi connectivity index (χ4v) is 6.47. The number of carbonyl (C=O) groups is 1. The van der Waals surface area contributed by atoms with Crippen LogP contribution in [-0.2, 0) is 6.42 Å². The first-order chi connectivity index (χ1) is 26.6. The third-order valence-corrected chi connectivity index (χ3v) is 10.4. The minimum Gasteiger partial charge on any atom is -0.504 e. The van der Waals surface area contributed by atoms with Gasteiger partial charge in [-0.05, 0) is 191 Å². The fourth-order valence-electron chi connectivity index (χ4n) is 6.47. The number of hydrogen-bond donors (Lipinski definition) is 3. The fraction of sp³-hybridized carbons (Fsp3) is 0.519. The maximum atomic E-state index is 11.3. The van der Waals surface area contributed by atoms with Crippen LogP contribution < -0.4 is 0 Å². The van der Waals surface area contributed by atoms with E-state index in [1.807, 2.05) is 13.0 Å². The number of carboxylic acids is 1. The summed E-state index contributed by atoms with van der Waals surface area (Å²) in [5, 5.41) is 29.2. The highest BCUT2D eigenvalue weighted by molar-refractivity contribution is 5.89. The van der Waals surface area contributed by atoms with E-state index in [0.717, 1.165) is 102 Å². The molecule has 0 saturated carbocycles. The van der Waals surface area contributed by atoms with Gasteiger partial charge in [-0.2, -0.15) is 0 Å². The van der Waals surface area contributed by atoms with Gasteiger partial charge in [0.1, 0.15) is 0 Å². The molecule has 56 heavy (non-hydrogen) atoms. The Kier molecular flexibility index (Phi) is 26.1. The van der Waals surface area contributed by atoms with Gasteiger partial charge in [-0.1, -0.05) is 105 Å². The predicted octanol–water partition coefficient (Wildman–Crippen LogP) is 16.1. The Labute approximate surface area is 343 Å². The number of phenols is 2. The van der Waals surface area contributed by atoms with E-state index in [2.05, 4.69) is 111 Å². The van der Waals surface area contributed by atoms with Crippen molar-refractivity contribution in [2.24, 2.45) is 0 Å². The molecule has 0 unspecified atom stereocenters. The van der Waals surface area contributed by atoms with Crippen molar-refractivity contribution in [3.8, 4) is 11.5 Å². The van der Waals surface area contributed by atoms with Crippen LogP contribution in [0.2, 0.25) is 0 Å². The number of benzene rings is 1. The van der Waals surface area contributed by atoms with Gasteiger partial charge < -0.3 is 15.3 Å². The second-order valence-electron chi connectivity index (χ2n) is 16.5. The lowest BCUT2D eigenvalue weighted by molar-refractivity contribution is 0.0696. The minimum absolute atomic E-state index is 0.0323. The molecule has 0 spiro atoms. The maximum Gasteiger partial charge on any atom is 0.335 e. The van der Waals surface area contributed by atoms with E-state index in [9.17, 15) is 20.1 Å². The summed E-state index contributed by atoms with van der Waals surface area (Å²) in [6, 6.07) is 2.48. The molecule has 1 rings (SSSR count). The molecule has 1 aromatic carbocycles. The number of allylic oxidation sites excluding steroid dienone is 18. The van der Waals surface area contributed by atoms with Crippen molar-refractivity contribution in [2.45, 2.75) is 178 Å². The third kappa shape index (κ3) is 25.2. The van der Waals surface area contributed by atoms with E-state index in [0.29, 0.717) is 12.0 Å². The largest absolute Gasteiger partial charge is 0.504 e. The Hall–Kier alpha value is -4.05. The van der Waals surface area contributed by atoms with E-state index < -0.39 is 11.7 Å². The van der Waals surface area contributed by atoms with Crippen molar-refractivity contribution in [2.75, 3.05) is 0 Å². The zero-order chi connectivity index (χ0) is 41.9. The van der Waals surface area contributed by atoms with Crippen molar-refractivity contribution in [1.29, 1.82) is 0 Å². The lowest BCUT2D eigenvalue weighted by Gasteiger charge is -2.07. The topological polar surface area (TPSA) is 77.8 Å². The smallest absolute Gasteiger partial charge is 0.335 e. The predicted molar refractivity (Wildman–Crippen MR) is 244 cm³/mol. The molecule has 3 N–H and O–H groups in total. The van der Waals surface area contributed by atoms with Crippen molar-refractivity contribution in [3.63, 3.8) is 0 Å². The molecule has 0 amide bonds.